The molecule has 4 nitrogen and oxygen atoms in total. The smallest absolute Gasteiger partial charge is 0.208 e. The minimum atomic E-state index is 0.321. The fourth-order valence-corrected chi connectivity index (χ4v) is 2.41. The molecule has 0 spiro atoms. The van der Waals surface area contributed by atoms with E-state index in [9.17, 15) is 0 Å². The molecule has 0 aliphatic carbocycles. The first-order valence-corrected chi connectivity index (χ1v) is 6.01. The lowest BCUT2D eigenvalue weighted by Crippen LogP contribution is -2.28. The minimum absolute atomic E-state index is 0.321. The van der Waals surface area contributed by atoms with Crippen molar-refractivity contribution in [2.24, 2.45) is 0 Å². The van der Waals surface area contributed by atoms with Crippen molar-refractivity contribution >= 4 is 32.4 Å². The zero-order valence-corrected chi connectivity index (χ0v) is 10.9. The number of methoxy groups -OCH3 is 1. The lowest BCUT2D eigenvalue weighted by Gasteiger charge is -2.18. The molecule has 0 saturated carbocycles. The Labute approximate surface area is 96.4 Å². The maximum absolute atomic E-state index is 5.04. The average Bonchev–Trinajstić information content (AvgIpc) is 2.52. The van der Waals surface area contributed by atoms with E-state index in [4.69, 9.17) is 4.74 Å². The van der Waals surface area contributed by atoms with Crippen molar-refractivity contribution in [2.45, 2.75) is 11.8 Å². The number of aryl methyl sites for hydroxylation is 1. The first kappa shape index (κ1) is 11.9. The molecule has 0 fully saturated rings. The molecule has 1 aromatic heterocycles. The number of halogens is 1. The van der Waals surface area contributed by atoms with Crippen LogP contribution in [0.25, 0.3) is 0 Å². The van der Waals surface area contributed by atoms with E-state index in [1.807, 2.05) is 14.0 Å². The SMILES string of the molecule is COCC(Br)CN(C)c1nnc(C)s1. The maximum Gasteiger partial charge on any atom is 0.208 e. The van der Waals surface area contributed by atoms with Crippen LogP contribution >= 0.6 is 27.3 Å². The Hall–Kier alpha value is -0.200. The van der Waals surface area contributed by atoms with Crippen molar-refractivity contribution in [1.29, 1.82) is 0 Å². The molecule has 0 aliphatic rings. The second-order valence-electron chi connectivity index (χ2n) is 3.04. The van der Waals surface area contributed by atoms with Gasteiger partial charge in [-0.15, -0.1) is 10.2 Å². The standard InChI is InChI=1S/C8H14BrN3OS/c1-6-10-11-8(14-6)12(2)4-7(9)5-13-3/h7H,4-5H2,1-3H3. The van der Waals surface area contributed by atoms with E-state index in [0.717, 1.165) is 16.7 Å². The molecule has 0 amide bonds. The van der Waals surface area contributed by atoms with Crippen molar-refractivity contribution in [3.8, 4) is 0 Å². The monoisotopic (exact) mass is 279 g/mol. The number of nitrogens with zero attached hydrogens (tertiary/aromatic N) is 3. The first-order valence-electron chi connectivity index (χ1n) is 4.27. The molecule has 6 heteroatoms. The van der Waals surface area contributed by atoms with Gasteiger partial charge in [0.15, 0.2) is 0 Å². The third-order valence-electron chi connectivity index (χ3n) is 1.66. The van der Waals surface area contributed by atoms with Crippen LogP contribution < -0.4 is 4.90 Å². The van der Waals surface area contributed by atoms with Gasteiger partial charge in [0.1, 0.15) is 5.01 Å². The van der Waals surface area contributed by atoms with Gasteiger partial charge in [0.2, 0.25) is 5.13 Å². The fraction of sp³-hybridized carbons (Fsp3) is 0.750. The van der Waals surface area contributed by atoms with Crippen LogP contribution in [0.15, 0.2) is 0 Å². The van der Waals surface area contributed by atoms with Crippen molar-refractivity contribution in [1.82, 2.24) is 10.2 Å². The quantitative estimate of drug-likeness (QED) is 0.769. The summed E-state index contributed by atoms with van der Waals surface area (Å²) in [4.78, 5) is 2.39. The zero-order chi connectivity index (χ0) is 10.6. The molecular formula is C8H14BrN3OS. The highest BCUT2D eigenvalue weighted by Crippen LogP contribution is 2.19. The number of hydrogen-bond acceptors (Lipinski definition) is 5. The molecule has 1 aromatic rings. The number of alkyl halides is 1. The third-order valence-corrected chi connectivity index (χ3v) is 3.17. The lowest BCUT2D eigenvalue weighted by molar-refractivity contribution is 0.202. The predicted molar refractivity (Wildman–Crippen MR) is 62.5 cm³/mol. The van der Waals surface area contributed by atoms with E-state index >= 15 is 0 Å². The van der Waals surface area contributed by atoms with Gasteiger partial charge in [-0.1, -0.05) is 27.3 Å². The molecular weight excluding hydrogens is 266 g/mol. The molecule has 14 heavy (non-hydrogen) atoms. The van der Waals surface area contributed by atoms with Crippen LogP contribution in [-0.2, 0) is 4.74 Å². The maximum atomic E-state index is 5.04. The highest BCUT2D eigenvalue weighted by atomic mass is 79.9. The summed E-state index contributed by atoms with van der Waals surface area (Å²) in [5.74, 6) is 0. The Morgan fingerprint density at radius 2 is 2.29 bits per heavy atom. The summed E-state index contributed by atoms with van der Waals surface area (Å²) in [7, 11) is 3.70. The highest BCUT2D eigenvalue weighted by Gasteiger charge is 2.11. The zero-order valence-electron chi connectivity index (χ0n) is 8.53. The normalized spacial score (nSPS) is 12.9. The van der Waals surface area contributed by atoms with Crippen LogP contribution in [0.5, 0.6) is 0 Å². The summed E-state index contributed by atoms with van der Waals surface area (Å²) in [6, 6.07) is 0. The van der Waals surface area contributed by atoms with Crippen LogP contribution in [-0.4, -0.2) is 42.3 Å². The van der Waals surface area contributed by atoms with E-state index in [1.54, 1.807) is 18.4 Å². The van der Waals surface area contributed by atoms with E-state index in [-0.39, 0.29) is 0 Å². The van der Waals surface area contributed by atoms with Crippen LogP contribution in [0.3, 0.4) is 0 Å². The Balaban J connectivity index is 2.45. The van der Waals surface area contributed by atoms with Gasteiger partial charge in [0.05, 0.1) is 11.4 Å². The largest absolute Gasteiger partial charge is 0.383 e. The van der Waals surface area contributed by atoms with Gasteiger partial charge in [-0.05, 0) is 6.92 Å². The van der Waals surface area contributed by atoms with Crippen molar-refractivity contribution < 1.29 is 4.74 Å². The van der Waals surface area contributed by atoms with Gasteiger partial charge in [-0.3, -0.25) is 0 Å². The van der Waals surface area contributed by atoms with Crippen LogP contribution in [0.1, 0.15) is 5.01 Å². The van der Waals surface area contributed by atoms with Gasteiger partial charge < -0.3 is 9.64 Å². The number of rotatable bonds is 5. The molecule has 1 heterocycles. The fourth-order valence-electron chi connectivity index (χ4n) is 1.05. The summed E-state index contributed by atoms with van der Waals surface area (Å²) in [6.45, 7) is 3.51. The molecule has 1 unspecified atom stereocenters. The van der Waals surface area contributed by atoms with Crippen LogP contribution in [0, 0.1) is 6.92 Å². The van der Waals surface area contributed by atoms with Gasteiger partial charge in [0, 0.05) is 20.7 Å². The molecule has 80 valence electrons. The Bertz CT molecular complexity index is 281. The molecule has 1 atom stereocenters. The molecule has 0 bridgehead atoms. The second-order valence-corrected chi connectivity index (χ2v) is 5.49. The van der Waals surface area contributed by atoms with Crippen molar-refractivity contribution in [3.05, 3.63) is 5.01 Å². The molecule has 0 aliphatic heterocycles. The summed E-state index contributed by atoms with van der Waals surface area (Å²) in [5, 5.41) is 9.97. The molecule has 0 radical (unpaired) electrons. The van der Waals surface area contributed by atoms with Crippen LogP contribution in [0.4, 0.5) is 5.13 Å². The average molecular weight is 280 g/mol. The minimum Gasteiger partial charge on any atom is -0.383 e. The molecule has 0 saturated heterocycles. The molecule has 0 aromatic carbocycles. The molecule has 0 N–H and O–H groups in total. The summed E-state index contributed by atoms with van der Waals surface area (Å²) in [6.07, 6.45) is 0. The number of aromatic nitrogens is 2. The van der Waals surface area contributed by atoms with Crippen molar-refractivity contribution in [2.75, 3.05) is 32.2 Å². The first-order chi connectivity index (χ1) is 6.63. The lowest BCUT2D eigenvalue weighted by atomic mass is 10.4. The topological polar surface area (TPSA) is 38.2 Å². The second kappa shape index (κ2) is 5.63. The number of ether oxygens (including phenoxy) is 1. The van der Waals surface area contributed by atoms with Gasteiger partial charge >= 0.3 is 0 Å². The predicted octanol–water partition coefficient (Wildman–Crippen LogP) is 1.69. The Kier molecular flexibility index (Phi) is 4.77. The third kappa shape index (κ3) is 3.51. The highest BCUT2D eigenvalue weighted by molar-refractivity contribution is 9.09. The number of hydrogen-bond donors (Lipinski definition) is 0. The van der Waals surface area contributed by atoms with Gasteiger partial charge in [0.25, 0.3) is 0 Å². The van der Waals surface area contributed by atoms with E-state index < -0.39 is 0 Å². The van der Waals surface area contributed by atoms with Gasteiger partial charge in [-0.25, -0.2) is 0 Å². The Morgan fingerprint density at radius 3 is 2.79 bits per heavy atom. The summed E-state index contributed by atoms with van der Waals surface area (Å²) >= 11 is 5.13. The Morgan fingerprint density at radius 1 is 1.57 bits per heavy atom. The molecule has 1 rings (SSSR count). The summed E-state index contributed by atoms with van der Waals surface area (Å²) < 4.78 is 5.04. The van der Waals surface area contributed by atoms with E-state index in [2.05, 4.69) is 31.0 Å². The van der Waals surface area contributed by atoms with Crippen molar-refractivity contribution in [3.63, 3.8) is 0 Å². The van der Waals surface area contributed by atoms with E-state index in [0.29, 0.717) is 11.4 Å². The van der Waals surface area contributed by atoms with Crippen LogP contribution in [0.2, 0.25) is 0 Å². The summed E-state index contributed by atoms with van der Waals surface area (Å²) in [5.41, 5.74) is 0. The van der Waals surface area contributed by atoms with Gasteiger partial charge in [-0.2, -0.15) is 0 Å². The number of anilines is 1. The van der Waals surface area contributed by atoms with E-state index in [1.165, 1.54) is 0 Å².